The number of unbranched alkanes of at least 4 members (excludes halogenated alkanes) is 1. The number of carbonyl (C=O) groups is 3. The second-order valence-corrected chi connectivity index (χ2v) is 13.2. The van der Waals surface area contributed by atoms with Crippen molar-refractivity contribution in [2.75, 3.05) is 25.0 Å². The molecule has 10 nitrogen and oxygen atoms in total. The van der Waals surface area contributed by atoms with Crippen LogP contribution in [-0.2, 0) is 34.3 Å². The van der Waals surface area contributed by atoms with Gasteiger partial charge in [0.15, 0.2) is 0 Å². The molecule has 0 atom stereocenters. The van der Waals surface area contributed by atoms with E-state index in [0.717, 1.165) is 36.4 Å². The van der Waals surface area contributed by atoms with Gasteiger partial charge in [0.05, 0.1) is 10.5 Å². The lowest BCUT2D eigenvalue weighted by Crippen LogP contribution is -2.41. The number of hydrogen-bond acceptors (Lipinski definition) is 7. The molecule has 0 spiro atoms. The van der Waals surface area contributed by atoms with Crippen molar-refractivity contribution < 1.29 is 22.8 Å². The van der Waals surface area contributed by atoms with Crippen molar-refractivity contribution >= 4 is 44.1 Å². The van der Waals surface area contributed by atoms with E-state index >= 15 is 0 Å². The summed E-state index contributed by atoms with van der Waals surface area (Å²) < 4.78 is 27.6. The number of rotatable bonds is 11. The minimum atomic E-state index is -3.67. The van der Waals surface area contributed by atoms with Crippen molar-refractivity contribution in [2.24, 2.45) is 0 Å². The Balaban J connectivity index is 1.56. The first-order chi connectivity index (χ1) is 20.1. The number of hydrogen-bond donors (Lipinski definition) is 3. The number of thiophene rings is 1. The SMILES string of the molecule is CCCCN(CC)S(=O)(=O)c1ccc(C(=O)Nc2sc3c(c2C(=O)NNC(C)=O)CCN(Cc2ccccc2)C3)cc1. The molecule has 0 unspecified atom stereocenters. The Hall–Kier alpha value is -3.58. The molecule has 42 heavy (non-hydrogen) atoms. The van der Waals surface area contributed by atoms with Crippen LogP contribution in [0.3, 0.4) is 0 Å². The molecule has 1 aromatic heterocycles. The highest BCUT2D eigenvalue weighted by Gasteiger charge is 2.29. The third kappa shape index (κ3) is 7.43. The van der Waals surface area contributed by atoms with Crippen LogP contribution in [0.15, 0.2) is 59.5 Å². The summed E-state index contributed by atoms with van der Waals surface area (Å²) >= 11 is 1.33. The van der Waals surface area contributed by atoms with Crippen LogP contribution in [0, 0.1) is 0 Å². The minimum absolute atomic E-state index is 0.123. The first-order valence-electron chi connectivity index (χ1n) is 14.0. The number of sulfonamides is 1. The molecular formula is C30H37N5O5S2. The van der Waals surface area contributed by atoms with Crippen LogP contribution in [0.25, 0.3) is 0 Å². The molecule has 224 valence electrons. The predicted octanol–water partition coefficient (Wildman–Crippen LogP) is 4.15. The van der Waals surface area contributed by atoms with Crippen LogP contribution in [0.5, 0.6) is 0 Å². The molecule has 0 saturated carbocycles. The van der Waals surface area contributed by atoms with Gasteiger partial charge in [0, 0.05) is 50.1 Å². The Bertz CT molecular complexity index is 1520. The Morgan fingerprint density at radius 2 is 1.69 bits per heavy atom. The van der Waals surface area contributed by atoms with E-state index in [1.807, 2.05) is 25.1 Å². The largest absolute Gasteiger partial charge is 0.313 e. The third-order valence-electron chi connectivity index (χ3n) is 7.06. The molecule has 3 aromatic rings. The van der Waals surface area contributed by atoms with Gasteiger partial charge in [-0.25, -0.2) is 8.42 Å². The maximum Gasteiger partial charge on any atom is 0.272 e. The van der Waals surface area contributed by atoms with Gasteiger partial charge in [0.1, 0.15) is 5.00 Å². The summed E-state index contributed by atoms with van der Waals surface area (Å²) in [5.74, 6) is -1.40. The third-order valence-corrected chi connectivity index (χ3v) is 10.2. The molecule has 2 aromatic carbocycles. The highest BCUT2D eigenvalue weighted by Crippen LogP contribution is 2.38. The van der Waals surface area contributed by atoms with Gasteiger partial charge in [0.25, 0.3) is 11.8 Å². The summed E-state index contributed by atoms with van der Waals surface area (Å²) in [5.41, 5.74) is 7.36. The monoisotopic (exact) mass is 611 g/mol. The molecule has 12 heteroatoms. The van der Waals surface area contributed by atoms with E-state index in [1.54, 1.807) is 6.92 Å². The first kappa shape index (κ1) is 31.4. The first-order valence-corrected chi connectivity index (χ1v) is 16.3. The molecule has 1 aliphatic rings. The second-order valence-electron chi connectivity index (χ2n) is 10.1. The van der Waals surface area contributed by atoms with Gasteiger partial charge in [-0.1, -0.05) is 50.6 Å². The molecule has 0 fully saturated rings. The van der Waals surface area contributed by atoms with Gasteiger partial charge >= 0.3 is 0 Å². The Kier molecular flexibility index (Phi) is 10.5. The van der Waals surface area contributed by atoms with Crippen molar-refractivity contribution in [3.8, 4) is 0 Å². The lowest BCUT2D eigenvalue weighted by atomic mass is 10.0. The highest BCUT2D eigenvalue weighted by molar-refractivity contribution is 7.89. The van der Waals surface area contributed by atoms with E-state index in [2.05, 4.69) is 33.2 Å². The fourth-order valence-electron chi connectivity index (χ4n) is 4.85. The molecule has 3 N–H and O–H groups in total. The quantitative estimate of drug-likeness (QED) is 0.280. The maximum atomic E-state index is 13.3. The van der Waals surface area contributed by atoms with E-state index in [1.165, 1.54) is 52.4 Å². The van der Waals surface area contributed by atoms with Gasteiger partial charge < -0.3 is 5.32 Å². The van der Waals surface area contributed by atoms with E-state index < -0.39 is 27.7 Å². The van der Waals surface area contributed by atoms with Crippen molar-refractivity contribution in [1.29, 1.82) is 0 Å². The summed E-state index contributed by atoms with van der Waals surface area (Å²) in [7, 11) is -3.67. The number of amides is 3. The number of fused-ring (bicyclic) bond motifs is 1. The van der Waals surface area contributed by atoms with Gasteiger partial charge in [-0.15, -0.1) is 11.3 Å². The molecule has 4 rings (SSSR count). The number of benzene rings is 2. The second kappa shape index (κ2) is 14.1. The number of anilines is 1. The standard InChI is InChI=1S/C30H37N5O5S2/c1-4-6-17-35(5-2)42(39,40)24-14-12-23(13-15-24)28(37)31-30-27(29(38)33-32-21(3)36)25-16-18-34(20-26(25)41-30)19-22-10-8-7-9-11-22/h7-15H,4-6,16-20H2,1-3H3,(H,31,37)(H,32,36)(H,33,38). The van der Waals surface area contributed by atoms with E-state index in [4.69, 9.17) is 0 Å². The Morgan fingerprint density at radius 1 is 0.976 bits per heavy atom. The van der Waals surface area contributed by atoms with Crippen molar-refractivity contribution in [1.82, 2.24) is 20.1 Å². The normalized spacial score (nSPS) is 13.4. The summed E-state index contributed by atoms with van der Waals surface area (Å²) in [6, 6.07) is 15.9. The van der Waals surface area contributed by atoms with Crippen molar-refractivity contribution in [3.63, 3.8) is 0 Å². The van der Waals surface area contributed by atoms with Crippen LogP contribution in [0.1, 0.15) is 70.3 Å². The lowest BCUT2D eigenvalue weighted by Gasteiger charge is -2.27. The number of nitrogens with one attached hydrogen (secondary N) is 3. The average molecular weight is 612 g/mol. The van der Waals surface area contributed by atoms with Crippen LogP contribution in [-0.4, -0.2) is 55.0 Å². The van der Waals surface area contributed by atoms with E-state index in [-0.39, 0.29) is 10.5 Å². The van der Waals surface area contributed by atoms with Gasteiger partial charge in [-0.3, -0.25) is 30.1 Å². The smallest absolute Gasteiger partial charge is 0.272 e. The molecule has 0 bridgehead atoms. The molecule has 0 radical (unpaired) electrons. The van der Waals surface area contributed by atoms with E-state index in [0.29, 0.717) is 36.6 Å². The average Bonchev–Trinajstić information content (AvgIpc) is 3.33. The molecule has 1 aliphatic heterocycles. The molecule has 0 aliphatic carbocycles. The number of nitrogens with zero attached hydrogens (tertiary/aromatic N) is 2. The predicted molar refractivity (Wildman–Crippen MR) is 164 cm³/mol. The van der Waals surface area contributed by atoms with E-state index in [9.17, 15) is 22.8 Å². The van der Waals surface area contributed by atoms with Gasteiger partial charge in [-0.05, 0) is 48.2 Å². The van der Waals surface area contributed by atoms with Crippen LogP contribution in [0.2, 0.25) is 0 Å². The summed E-state index contributed by atoms with van der Waals surface area (Å²) in [5, 5.41) is 3.24. The zero-order chi connectivity index (χ0) is 30.3. The Labute approximate surface area is 251 Å². The topological polar surface area (TPSA) is 128 Å². The van der Waals surface area contributed by atoms with Crippen LogP contribution in [0.4, 0.5) is 5.00 Å². The maximum absolute atomic E-state index is 13.3. The van der Waals surface area contributed by atoms with Crippen molar-refractivity contribution in [2.45, 2.75) is 58.0 Å². The number of carbonyl (C=O) groups excluding carboxylic acids is 3. The van der Waals surface area contributed by atoms with Crippen molar-refractivity contribution in [3.05, 3.63) is 81.7 Å². The fourth-order valence-corrected chi connectivity index (χ4v) is 7.62. The summed E-state index contributed by atoms with van der Waals surface area (Å²) in [6.45, 7) is 8.01. The summed E-state index contributed by atoms with van der Waals surface area (Å²) in [4.78, 5) is 41.3. The molecule has 0 saturated heterocycles. The minimum Gasteiger partial charge on any atom is -0.313 e. The summed E-state index contributed by atoms with van der Waals surface area (Å²) in [6.07, 6.45) is 2.25. The molecule has 2 heterocycles. The van der Waals surface area contributed by atoms with Crippen LogP contribution < -0.4 is 16.2 Å². The lowest BCUT2D eigenvalue weighted by molar-refractivity contribution is -0.119. The highest BCUT2D eigenvalue weighted by atomic mass is 32.2. The van der Waals surface area contributed by atoms with Gasteiger partial charge in [0.2, 0.25) is 15.9 Å². The Morgan fingerprint density at radius 3 is 2.33 bits per heavy atom. The zero-order valence-corrected chi connectivity index (χ0v) is 25.7. The fraction of sp³-hybridized carbons (Fsp3) is 0.367. The zero-order valence-electron chi connectivity index (χ0n) is 24.1. The number of hydrazine groups is 1. The molecule has 3 amide bonds. The van der Waals surface area contributed by atoms with Crippen LogP contribution >= 0.6 is 11.3 Å². The molecular weight excluding hydrogens is 574 g/mol. The van der Waals surface area contributed by atoms with Gasteiger partial charge in [-0.2, -0.15) is 4.31 Å².